The van der Waals surface area contributed by atoms with Gasteiger partial charge in [-0.1, -0.05) is 59.2 Å². The summed E-state index contributed by atoms with van der Waals surface area (Å²) in [7, 11) is 0. The molecule has 0 fully saturated rings. The molecule has 26 heavy (non-hydrogen) atoms. The van der Waals surface area contributed by atoms with Crippen LogP contribution in [0.3, 0.4) is 0 Å². The van der Waals surface area contributed by atoms with E-state index in [0.29, 0.717) is 5.02 Å². The number of nitrogens with zero attached hydrogens (tertiary/aromatic N) is 3. The summed E-state index contributed by atoms with van der Waals surface area (Å²) >= 11 is 16.2. The van der Waals surface area contributed by atoms with Crippen LogP contribution < -0.4 is 0 Å². The fourth-order valence-electron chi connectivity index (χ4n) is 2.73. The number of thioether (sulfide) groups is 1. The molecule has 0 amide bonds. The Morgan fingerprint density at radius 3 is 2.65 bits per heavy atom. The number of hydrogen-bond acceptors (Lipinski definition) is 4. The molecule has 0 aliphatic carbocycles. The van der Waals surface area contributed by atoms with Gasteiger partial charge in [-0.05, 0) is 36.2 Å². The lowest BCUT2D eigenvalue weighted by Crippen LogP contribution is -2.09. The number of rotatable bonds is 5. The second kappa shape index (κ2) is 7.61. The van der Waals surface area contributed by atoms with Crippen LogP contribution >= 0.6 is 46.3 Å². The zero-order chi connectivity index (χ0) is 18.1. The summed E-state index contributed by atoms with van der Waals surface area (Å²) in [5, 5.41) is 0.686. The molecule has 0 saturated carbocycles. The average Bonchev–Trinajstić information content (AvgIpc) is 3.30. The highest BCUT2D eigenvalue weighted by molar-refractivity contribution is 8.01. The van der Waals surface area contributed by atoms with E-state index in [9.17, 15) is 0 Å². The Balaban J connectivity index is 1.71. The molecule has 2 aromatic heterocycles. The van der Waals surface area contributed by atoms with Crippen molar-refractivity contribution >= 4 is 56.5 Å². The summed E-state index contributed by atoms with van der Waals surface area (Å²) in [6, 6.07) is 14.1. The van der Waals surface area contributed by atoms with Crippen LogP contribution in [0.5, 0.6) is 0 Å². The highest BCUT2D eigenvalue weighted by atomic mass is 35.5. The minimum atomic E-state index is -0.295. The van der Waals surface area contributed by atoms with Crippen molar-refractivity contribution in [2.75, 3.05) is 0 Å². The van der Waals surface area contributed by atoms with E-state index in [1.54, 1.807) is 35.6 Å². The largest absolute Gasteiger partial charge is 0.319 e. The van der Waals surface area contributed by atoms with Crippen molar-refractivity contribution < 1.29 is 0 Å². The molecular weight excluding hydrogens is 405 g/mol. The molecule has 0 saturated heterocycles. The third kappa shape index (κ3) is 3.62. The Morgan fingerprint density at radius 1 is 1.15 bits per heavy atom. The second-order valence-corrected chi connectivity index (χ2v) is 9.18. The molecule has 2 aromatic carbocycles. The monoisotopic (exact) mass is 419 g/mol. The third-order valence-corrected chi connectivity index (χ3v) is 7.40. The molecule has 7 heteroatoms. The summed E-state index contributed by atoms with van der Waals surface area (Å²) < 4.78 is 4.10. The van der Waals surface area contributed by atoms with Gasteiger partial charge in [0, 0.05) is 17.4 Å². The van der Waals surface area contributed by atoms with Gasteiger partial charge in [0.1, 0.15) is 5.50 Å². The van der Waals surface area contributed by atoms with Crippen molar-refractivity contribution in [1.82, 2.24) is 14.5 Å². The fourth-order valence-corrected chi connectivity index (χ4v) is 5.73. The van der Waals surface area contributed by atoms with E-state index in [0.717, 1.165) is 15.4 Å². The Morgan fingerprint density at radius 2 is 1.96 bits per heavy atom. The highest BCUT2D eigenvalue weighted by Crippen LogP contribution is 2.47. The molecule has 2 atom stereocenters. The van der Waals surface area contributed by atoms with Crippen LogP contribution in [0.25, 0.3) is 10.2 Å². The first-order chi connectivity index (χ1) is 12.6. The van der Waals surface area contributed by atoms with Crippen molar-refractivity contribution in [2.24, 2.45) is 0 Å². The van der Waals surface area contributed by atoms with Crippen molar-refractivity contribution in [3.8, 4) is 0 Å². The van der Waals surface area contributed by atoms with E-state index in [4.69, 9.17) is 28.2 Å². The van der Waals surface area contributed by atoms with Crippen LogP contribution in [-0.4, -0.2) is 14.5 Å². The molecule has 0 aliphatic heterocycles. The molecule has 0 N–H and O–H groups in total. The summed E-state index contributed by atoms with van der Waals surface area (Å²) in [4.78, 5) is 8.95. The van der Waals surface area contributed by atoms with Crippen molar-refractivity contribution in [2.45, 2.75) is 22.0 Å². The predicted molar refractivity (Wildman–Crippen MR) is 112 cm³/mol. The van der Waals surface area contributed by atoms with Gasteiger partial charge in [-0.15, -0.1) is 11.3 Å². The molecular formula is C19H15Cl2N3S2. The van der Waals surface area contributed by atoms with E-state index in [-0.39, 0.29) is 10.8 Å². The highest BCUT2D eigenvalue weighted by Gasteiger charge is 2.25. The topological polar surface area (TPSA) is 30.7 Å². The van der Waals surface area contributed by atoms with Crippen molar-refractivity contribution in [3.63, 3.8) is 0 Å². The SMILES string of the molecule is Cc1cccc2sc(SC(c3ccc(Cl)cc3)C(Cl)n3ccnc3)nc12. The maximum absolute atomic E-state index is 6.81. The number of alkyl halides is 1. The molecule has 132 valence electrons. The van der Waals surface area contributed by atoms with Gasteiger partial charge in [0.2, 0.25) is 0 Å². The minimum absolute atomic E-state index is 0.0241. The molecule has 2 heterocycles. The quantitative estimate of drug-likeness (QED) is 0.265. The summed E-state index contributed by atoms with van der Waals surface area (Å²) in [5.74, 6) is 0. The number of imidazole rings is 1. The Bertz CT molecular complexity index is 1010. The number of para-hydroxylation sites is 1. The molecule has 3 nitrogen and oxygen atoms in total. The van der Waals surface area contributed by atoms with Gasteiger partial charge in [-0.25, -0.2) is 9.97 Å². The van der Waals surface area contributed by atoms with Crippen molar-refractivity contribution in [1.29, 1.82) is 0 Å². The number of halogens is 2. The average molecular weight is 420 g/mol. The van der Waals surface area contributed by atoms with E-state index < -0.39 is 0 Å². The first-order valence-electron chi connectivity index (χ1n) is 8.01. The maximum atomic E-state index is 6.81. The van der Waals surface area contributed by atoms with Crippen LogP contribution in [0.2, 0.25) is 5.02 Å². The first-order valence-corrected chi connectivity index (χ1v) is 10.5. The number of thiazole rings is 1. The Kier molecular flexibility index (Phi) is 5.23. The second-order valence-electron chi connectivity index (χ2n) is 5.87. The minimum Gasteiger partial charge on any atom is -0.319 e. The van der Waals surface area contributed by atoms with Gasteiger partial charge >= 0.3 is 0 Å². The molecule has 4 aromatic rings. The van der Waals surface area contributed by atoms with Crippen LogP contribution in [0, 0.1) is 6.92 Å². The van der Waals surface area contributed by atoms with Crippen LogP contribution in [0.1, 0.15) is 21.9 Å². The lowest BCUT2D eigenvalue weighted by Gasteiger charge is -2.22. The number of aromatic nitrogens is 3. The smallest absolute Gasteiger partial charge is 0.151 e. The maximum Gasteiger partial charge on any atom is 0.151 e. The van der Waals surface area contributed by atoms with Gasteiger partial charge in [0.25, 0.3) is 0 Å². The van der Waals surface area contributed by atoms with Gasteiger partial charge in [-0.3, -0.25) is 0 Å². The van der Waals surface area contributed by atoms with E-state index in [2.05, 4.69) is 30.1 Å². The fraction of sp³-hybridized carbons (Fsp3) is 0.158. The van der Waals surface area contributed by atoms with Crippen LogP contribution in [0.15, 0.2) is 65.5 Å². The first kappa shape index (κ1) is 17.9. The number of benzene rings is 2. The lowest BCUT2D eigenvalue weighted by atomic mass is 10.1. The molecule has 0 aliphatic rings. The number of fused-ring (bicyclic) bond motifs is 1. The molecule has 0 radical (unpaired) electrons. The standard InChI is InChI=1S/C19H15Cl2N3S2/c1-12-3-2-4-15-16(12)23-19(25-15)26-17(13-5-7-14(20)8-6-13)18(21)24-10-9-22-11-24/h2-11,17-18H,1H3. The van der Waals surface area contributed by atoms with Crippen molar-refractivity contribution in [3.05, 3.63) is 77.3 Å². The Hall–Kier alpha value is -1.53. The van der Waals surface area contributed by atoms with E-state index >= 15 is 0 Å². The number of aryl methyl sites for hydroxylation is 1. The van der Waals surface area contributed by atoms with Crippen LogP contribution in [0.4, 0.5) is 0 Å². The van der Waals surface area contributed by atoms with Gasteiger partial charge in [0.15, 0.2) is 4.34 Å². The Labute approximate surface area is 170 Å². The molecule has 4 rings (SSSR count). The van der Waals surface area contributed by atoms with E-state index in [1.165, 1.54) is 10.3 Å². The number of hydrogen-bond donors (Lipinski definition) is 0. The normalized spacial score (nSPS) is 13.8. The van der Waals surface area contributed by atoms with Gasteiger partial charge in [0.05, 0.1) is 21.8 Å². The summed E-state index contributed by atoms with van der Waals surface area (Å²) in [6.45, 7) is 2.09. The molecule has 0 bridgehead atoms. The van der Waals surface area contributed by atoms with Gasteiger partial charge < -0.3 is 4.57 Å². The predicted octanol–water partition coefficient (Wildman–Crippen LogP) is 6.73. The van der Waals surface area contributed by atoms with Gasteiger partial charge in [-0.2, -0.15) is 0 Å². The third-order valence-electron chi connectivity index (χ3n) is 4.09. The lowest BCUT2D eigenvalue weighted by molar-refractivity contribution is 0.651. The van der Waals surface area contributed by atoms with Crippen LogP contribution in [-0.2, 0) is 0 Å². The van der Waals surface area contributed by atoms with E-state index in [1.807, 2.05) is 35.0 Å². The summed E-state index contributed by atoms with van der Waals surface area (Å²) in [6.07, 6.45) is 5.35. The summed E-state index contributed by atoms with van der Waals surface area (Å²) in [5.41, 5.74) is 3.05. The zero-order valence-corrected chi connectivity index (χ0v) is 17.0. The zero-order valence-electron chi connectivity index (χ0n) is 13.8. The molecule has 0 spiro atoms. The molecule has 2 unspecified atom stereocenters.